The first kappa shape index (κ1) is 22.1. The number of hydrogen-bond donors (Lipinski definition) is 2. The molecule has 4 rings (SSSR count). The molecule has 1 spiro atoms. The molecule has 1 aromatic carbocycles. The molecule has 2 atom stereocenters. The van der Waals surface area contributed by atoms with E-state index in [1.807, 2.05) is 27.7 Å². The van der Waals surface area contributed by atoms with Gasteiger partial charge in [0.05, 0.1) is 15.3 Å². The molecule has 2 heterocycles. The summed E-state index contributed by atoms with van der Waals surface area (Å²) in [6.45, 7) is 9.78. The van der Waals surface area contributed by atoms with Crippen molar-refractivity contribution in [1.29, 1.82) is 0 Å². The number of nitrogens with zero attached hydrogens (tertiary/aromatic N) is 3. The van der Waals surface area contributed by atoms with Crippen LogP contribution >= 0.6 is 22.6 Å². The SMILES string of the molecule is Cc1nc(N2CCC3(CC2)Cc2ccccc2[C@H]3N[S@+]([O-])C(C)(C)C)nc(N)c1I. The highest BCUT2D eigenvalue weighted by Gasteiger charge is 2.50. The van der Waals surface area contributed by atoms with Crippen LogP contribution in [0.25, 0.3) is 0 Å². The van der Waals surface area contributed by atoms with E-state index in [4.69, 9.17) is 5.73 Å². The van der Waals surface area contributed by atoms with Gasteiger partial charge in [0.1, 0.15) is 10.6 Å². The van der Waals surface area contributed by atoms with Crippen LogP contribution in [-0.2, 0) is 17.8 Å². The van der Waals surface area contributed by atoms with Gasteiger partial charge in [-0.25, -0.2) is 4.98 Å². The Labute approximate surface area is 195 Å². The standard InChI is InChI=1S/C22H30IN5OS/c1-14-17(23)19(24)26-20(25-14)28-11-9-22(10-12-28)13-15-7-5-6-8-16(15)18(22)27-30(29)21(2,3)4/h5-8,18,27H,9-13H2,1-4H3,(H2,24,25,26)/t18-,30-/m1/s1. The molecule has 30 heavy (non-hydrogen) atoms. The molecule has 2 aromatic rings. The molecule has 0 radical (unpaired) electrons. The van der Waals surface area contributed by atoms with Crippen LogP contribution in [0.15, 0.2) is 24.3 Å². The molecule has 1 saturated heterocycles. The van der Waals surface area contributed by atoms with Gasteiger partial charge in [-0.2, -0.15) is 4.98 Å². The second kappa shape index (κ2) is 8.11. The molecule has 0 amide bonds. The number of anilines is 2. The van der Waals surface area contributed by atoms with Gasteiger partial charge in [-0.1, -0.05) is 24.3 Å². The van der Waals surface area contributed by atoms with Gasteiger partial charge < -0.3 is 15.2 Å². The maximum Gasteiger partial charge on any atom is 0.227 e. The zero-order valence-corrected chi connectivity index (χ0v) is 21.0. The summed E-state index contributed by atoms with van der Waals surface area (Å²) in [5.41, 5.74) is 9.75. The zero-order chi connectivity index (χ0) is 21.7. The minimum Gasteiger partial charge on any atom is -0.598 e. The van der Waals surface area contributed by atoms with Gasteiger partial charge in [-0.3, -0.25) is 0 Å². The molecule has 6 nitrogen and oxygen atoms in total. The third-order valence-electron chi connectivity index (χ3n) is 6.37. The van der Waals surface area contributed by atoms with Crippen molar-refractivity contribution in [3.8, 4) is 0 Å². The van der Waals surface area contributed by atoms with Gasteiger partial charge in [-0.15, -0.1) is 4.72 Å². The lowest BCUT2D eigenvalue weighted by Gasteiger charge is -2.44. The third kappa shape index (κ3) is 4.03. The summed E-state index contributed by atoms with van der Waals surface area (Å²) < 4.78 is 17.1. The van der Waals surface area contributed by atoms with E-state index in [9.17, 15) is 4.55 Å². The van der Waals surface area contributed by atoms with E-state index >= 15 is 0 Å². The molecule has 162 valence electrons. The predicted molar refractivity (Wildman–Crippen MR) is 132 cm³/mol. The predicted octanol–water partition coefficient (Wildman–Crippen LogP) is 3.91. The lowest BCUT2D eigenvalue weighted by molar-refractivity contribution is 0.175. The van der Waals surface area contributed by atoms with E-state index in [-0.39, 0.29) is 16.2 Å². The first-order valence-electron chi connectivity index (χ1n) is 10.4. The van der Waals surface area contributed by atoms with Crippen LogP contribution in [0.3, 0.4) is 0 Å². The largest absolute Gasteiger partial charge is 0.598 e. The fraction of sp³-hybridized carbons (Fsp3) is 0.545. The lowest BCUT2D eigenvalue weighted by Crippen LogP contribution is -2.50. The minimum absolute atomic E-state index is 0.0604. The third-order valence-corrected chi connectivity index (χ3v) is 9.27. The molecule has 2 aliphatic rings. The van der Waals surface area contributed by atoms with E-state index in [1.165, 1.54) is 11.1 Å². The number of piperidine rings is 1. The van der Waals surface area contributed by atoms with Crippen LogP contribution in [0.1, 0.15) is 56.5 Å². The highest BCUT2D eigenvalue weighted by atomic mass is 127. The number of aryl methyl sites for hydroxylation is 1. The van der Waals surface area contributed by atoms with Crippen LogP contribution in [0.2, 0.25) is 0 Å². The molecule has 1 aliphatic heterocycles. The smallest absolute Gasteiger partial charge is 0.227 e. The van der Waals surface area contributed by atoms with Crippen molar-refractivity contribution in [2.75, 3.05) is 23.7 Å². The van der Waals surface area contributed by atoms with Crippen molar-refractivity contribution >= 4 is 45.7 Å². The van der Waals surface area contributed by atoms with Gasteiger partial charge in [0.2, 0.25) is 5.95 Å². The summed E-state index contributed by atoms with van der Waals surface area (Å²) in [6.07, 6.45) is 3.01. The number of rotatable bonds is 3. The highest BCUT2D eigenvalue weighted by molar-refractivity contribution is 14.1. The summed E-state index contributed by atoms with van der Waals surface area (Å²) >= 11 is 1.08. The number of fused-ring (bicyclic) bond motifs is 1. The Morgan fingerprint density at radius 1 is 1.23 bits per heavy atom. The van der Waals surface area contributed by atoms with Crippen LogP contribution in [0, 0.1) is 15.9 Å². The summed E-state index contributed by atoms with van der Waals surface area (Å²) in [6, 6.07) is 8.71. The van der Waals surface area contributed by atoms with Crippen molar-refractivity contribution in [2.24, 2.45) is 5.41 Å². The Morgan fingerprint density at radius 3 is 2.53 bits per heavy atom. The maximum absolute atomic E-state index is 13.0. The summed E-state index contributed by atoms with van der Waals surface area (Å²) in [7, 11) is 0. The number of hydrogen-bond acceptors (Lipinski definition) is 6. The number of nitrogens with one attached hydrogen (secondary N) is 1. The molecule has 0 saturated carbocycles. The quantitative estimate of drug-likeness (QED) is 0.454. The van der Waals surface area contributed by atoms with Crippen molar-refractivity contribution < 1.29 is 4.55 Å². The number of halogens is 1. The number of nitrogen functional groups attached to an aromatic ring is 1. The Bertz CT molecular complexity index is 916. The van der Waals surface area contributed by atoms with Gasteiger partial charge in [0, 0.05) is 29.9 Å². The first-order valence-corrected chi connectivity index (χ1v) is 12.6. The van der Waals surface area contributed by atoms with E-state index in [2.05, 4.69) is 66.4 Å². The second-order valence-electron chi connectivity index (χ2n) is 9.47. The fourth-order valence-electron chi connectivity index (χ4n) is 4.59. The van der Waals surface area contributed by atoms with Gasteiger partial charge in [0.15, 0.2) is 0 Å². The van der Waals surface area contributed by atoms with Crippen molar-refractivity contribution in [3.05, 3.63) is 44.7 Å². The van der Waals surface area contributed by atoms with Crippen molar-refractivity contribution in [1.82, 2.24) is 14.7 Å². The van der Waals surface area contributed by atoms with Gasteiger partial charge in [-0.05, 0) is 80.7 Å². The normalized spacial score (nSPS) is 21.7. The average molecular weight is 539 g/mol. The minimum atomic E-state index is -1.12. The van der Waals surface area contributed by atoms with Gasteiger partial charge >= 0.3 is 0 Å². The zero-order valence-electron chi connectivity index (χ0n) is 18.0. The van der Waals surface area contributed by atoms with Crippen LogP contribution in [0.4, 0.5) is 11.8 Å². The molecule has 1 aliphatic carbocycles. The van der Waals surface area contributed by atoms with E-state index in [0.29, 0.717) is 5.82 Å². The highest BCUT2D eigenvalue weighted by Crippen LogP contribution is 2.52. The second-order valence-corrected chi connectivity index (χ2v) is 12.5. The molecule has 0 bridgehead atoms. The van der Waals surface area contributed by atoms with Crippen LogP contribution in [-0.4, -0.2) is 32.4 Å². The monoisotopic (exact) mass is 539 g/mol. The van der Waals surface area contributed by atoms with E-state index < -0.39 is 11.4 Å². The van der Waals surface area contributed by atoms with Crippen LogP contribution < -0.4 is 15.4 Å². The van der Waals surface area contributed by atoms with Gasteiger partial charge in [0.25, 0.3) is 0 Å². The Hall–Kier alpha value is -1.10. The fourth-order valence-corrected chi connectivity index (χ4v) is 5.77. The summed E-state index contributed by atoms with van der Waals surface area (Å²) in [5, 5.41) is 0. The van der Waals surface area contributed by atoms with E-state index in [1.54, 1.807) is 0 Å². The molecule has 3 N–H and O–H groups in total. The molecule has 0 unspecified atom stereocenters. The lowest BCUT2D eigenvalue weighted by atomic mass is 9.73. The Balaban J connectivity index is 1.58. The maximum atomic E-state index is 13.0. The number of nitrogens with two attached hydrogens (primary N) is 1. The average Bonchev–Trinajstić information content (AvgIpc) is 2.98. The molecule has 1 aromatic heterocycles. The van der Waals surface area contributed by atoms with E-state index in [0.717, 1.165) is 47.6 Å². The number of benzene rings is 1. The van der Waals surface area contributed by atoms with Crippen molar-refractivity contribution in [3.63, 3.8) is 0 Å². The Kier molecular flexibility index (Phi) is 5.97. The molecular weight excluding hydrogens is 509 g/mol. The number of aromatic nitrogens is 2. The van der Waals surface area contributed by atoms with Crippen LogP contribution in [0.5, 0.6) is 0 Å². The molecule has 1 fully saturated rings. The first-order chi connectivity index (χ1) is 14.1. The Morgan fingerprint density at radius 2 is 1.90 bits per heavy atom. The molecular formula is C22H30IN5OS. The topological polar surface area (TPSA) is 90.1 Å². The summed E-state index contributed by atoms with van der Waals surface area (Å²) in [4.78, 5) is 11.4. The summed E-state index contributed by atoms with van der Waals surface area (Å²) in [5.74, 6) is 1.27. The molecule has 8 heteroatoms. The van der Waals surface area contributed by atoms with Crippen molar-refractivity contribution in [2.45, 2.75) is 57.7 Å².